The topological polar surface area (TPSA) is 93.7 Å². The summed E-state index contributed by atoms with van der Waals surface area (Å²) in [6.45, 7) is 5.95. The molecule has 1 amide bonds. The molecule has 0 heterocycles. The van der Waals surface area contributed by atoms with Crippen LogP contribution in [0.5, 0.6) is 5.75 Å². The highest BCUT2D eigenvalue weighted by atomic mass is 32.2. The van der Waals surface area contributed by atoms with Crippen molar-refractivity contribution in [3.05, 3.63) is 53.6 Å². The fraction of sp³-hybridized carbons (Fsp3) is 0.350. The second-order valence-electron chi connectivity index (χ2n) is 6.59. The molecule has 7 nitrogen and oxygen atoms in total. The Morgan fingerprint density at radius 2 is 1.75 bits per heavy atom. The first-order valence-electron chi connectivity index (χ1n) is 8.82. The van der Waals surface area contributed by atoms with E-state index in [2.05, 4.69) is 10.0 Å². The number of anilines is 1. The van der Waals surface area contributed by atoms with E-state index in [1.807, 2.05) is 26.8 Å². The lowest BCUT2D eigenvalue weighted by atomic mass is 10.1. The summed E-state index contributed by atoms with van der Waals surface area (Å²) < 4.78 is 38.0. The van der Waals surface area contributed by atoms with Crippen molar-refractivity contribution in [2.75, 3.05) is 25.0 Å². The van der Waals surface area contributed by atoms with Crippen LogP contribution in [0.15, 0.2) is 47.4 Å². The standard InChI is InChI=1S/C20H26N2O5S/c1-14-5-6-17(11-15(14)2)22-28(24,25)19-9-7-18(8-10-19)27-13-20(23)21-16(3)12-26-4/h5-11,16,22H,12-13H2,1-4H3,(H,21,23)/t16-/m1/s1. The summed E-state index contributed by atoms with van der Waals surface area (Å²) in [5.74, 6) is 0.123. The van der Waals surface area contributed by atoms with Gasteiger partial charge in [0, 0.05) is 18.8 Å². The highest BCUT2D eigenvalue weighted by Crippen LogP contribution is 2.21. The van der Waals surface area contributed by atoms with Gasteiger partial charge in [-0.15, -0.1) is 0 Å². The predicted molar refractivity (Wildman–Crippen MR) is 108 cm³/mol. The zero-order chi connectivity index (χ0) is 20.7. The van der Waals surface area contributed by atoms with Crippen LogP contribution in [0.2, 0.25) is 0 Å². The Hall–Kier alpha value is -2.58. The van der Waals surface area contributed by atoms with Gasteiger partial charge in [0.05, 0.1) is 11.5 Å². The van der Waals surface area contributed by atoms with Gasteiger partial charge >= 0.3 is 0 Å². The van der Waals surface area contributed by atoms with E-state index in [0.29, 0.717) is 18.0 Å². The third-order valence-electron chi connectivity index (χ3n) is 4.09. The third-order valence-corrected chi connectivity index (χ3v) is 5.48. The first kappa shape index (κ1) is 21.7. The van der Waals surface area contributed by atoms with Crippen LogP contribution in [0.3, 0.4) is 0 Å². The Bertz CT molecular complexity index is 911. The van der Waals surface area contributed by atoms with Crippen molar-refractivity contribution in [1.82, 2.24) is 5.32 Å². The molecule has 0 aliphatic heterocycles. The van der Waals surface area contributed by atoms with Gasteiger partial charge in [-0.3, -0.25) is 9.52 Å². The average Bonchev–Trinajstić information content (AvgIpc) is 2.63. The first-order chi connectivity index (χ1) is 13.2. The van der Waals surface area contributed by atoms with Crippen LogP contribution in [-0.2, 0) is 19.6 Å². The summed E-state index contributed by atoms with van der Waals surface area (Å²) in [7, 11) is -2.15. The van der Waals surface area contributed by atoms with Crippen molar-refractivity contribution in [2.24, 2.45) is 0 Å². The average molecular weight is 407 g/mol. The van der Waals surface area contributed by atoms with Gasteiger partial charge in [0.15, 0.2) is 6.61 Å². The number of carbonyl (C=O) groups is 1. The molecule has 2 rings (SSSR count). The van der Waals surface area contributed by atoms with Gasteiger partial charge in [-0.1, -0.05) is 6.07 Å². The van der Waals surface area contributed by atoms with Crippen molar-refractivity contribution in [3.8, 4) is 5.75 Å². The van der Waals surface area contributed by atoms with Crippen LogP contribution >= 0.6 is 0 Å². The van der Waals surface area contributed by atoms with E-state index in [9.17, 15) is 13.2 Å². The molecule has 0 aliphatic rings. The van der Waals surface area contributed by atoms with Crippen LogP contribution in [0.4, 0.5) is 5.69 Å². The van der Waals surface area contributed by atoms with E-state index in [1.54, 1.807) is 19.2 Å². The van der Waals surface area contributed by atoms with Crippen molar-refractivity contribution in [3.63, 3.8) is 0 Å². The molecule has 0 unspecified atom stereocenters. The minimum Gasteiger partial charge on any atom is -0.484 e. The third kappa shape index (κ3) is 6.24. The van der Waals surface area contributed by atoms with Gasteiger partial charge in [-0.25, -0.2) is 8.42 Å². The fourth-order valence-electron chi connectivity index (χ4n) is 2.49. The highest BCUT2D eigenvalue weighted by molar-refractivity contribution is 7.92. The van der Waals surface area contributed by atoms with E-state index in [4.69, 9.17) is 9.47 Å². The minimum atomic E-state index is -3.71. The molecule has 2 aromatic rings. The van der Waals surface area contributed by atoms with E-state index in [-0.39, 0.29) is 23.5 Å². The number of nitrogens with one attached hydrogen (secondary N) is 2. The van der Waals surface area contributed by atoms with Crippen LogP contribution in [0.25, 0.3) is 0 Å². The molecule has 0 aliphatic carbocycles. The van der Waals surface area contributed by atoms with E-state index >= 15 is 0 Å². The zero-order valence-corrected chi connectivity index (χ0v) is 17.3. The van der Waals surface area contributed by atoms with Crippen molar-refractivity contribution >= 4 is 21.6 Å². The number of ether oxygens (including phenoxy) is 2. The zero-order valence-electron chi connectivity index (χ0n) is 16.5. The normalized spacial score (nSPS) is 12.3. The predicted octanol–water partition coefficient (Wildman–Crippen LogP) is 2.63. The number of sulfonamides is 1. The number of aryl methyl sites for hydroxylation is 2. The Kier molecular flexibility index (Phi) is 7.42. The van der Waals surface area contributed by atoms with Crippen molar-refractivity contribution < 1.29 is 22.7 Å². The summed E-state index contributed by atoms with van der Waals surface area (Å²) in [6.07, 6.45) is 0. The minimum absolute atomic E-state index is 0.108. The lowest BCUT2D eigenvalue weighted by Crippen LogP contribution is -2.38. The summed E-state index contributed by atoms with van der Waals surface area (Å²) in [4.78, 5) is 11.9. The summed E-state index contributed by atoms with van der Waals surface area (Å²) >= 11 is 0. The van der Waals surface area contributed by atoms with Crippen LogP contribution in [0, 0.1) is 13.8 Å². The van der Waals surface area contributed by atoms with Gasteiger partial charge in [0.25, 0.3) is 15.9 Å². The number of carbonyl (C=O) groups excluding carboxylic acids is 1. The molecule has 0 bridgehead atoms. The molecule has 2 aromatic carbocycles. The maximum absolute atomic E-state index is 12.5. The number of rotatable bonds is 9. The highest BCUT2D eigenvalue weighted by Gasteiger charge is 2.15. The molecular formula is C20H26N2O5S. The Morgan fingerprint density at radius 3 is 2.36 bits per heavy atom. The number of benzene rings is 2. The lowest BCUT2D eigenvalue weighted by Gasteiger charge is -2.13. The van der Waals surface area contributed by atoms with E-state index < -0.39 is 10.0 Å². The van der Waals surface area contributed by atoms with Gasteiger partial charge in [0.2, 0.25) is 0 Å². The Morgan fingerprint density at radius 1 is 1.07 bits per heavy atom. The van der Waals surface area contributed by atoms with Crippen molar-refractivity contribution in [2.45, 2.75) is 31.7 Å². The molecule has 0 fully saturated rings. The molecule has 0 spiro atoms. The molecule has 0 radical (unpaired) electrons. The van der Waals surface area contributed by atoms with Crippen LogP contribution < -0.4 is 14.8 Å². The summed E-state index contributed by atoms with van der Waals surface area (Å²) in [5.41, 5.74) is 2.59. The second-order valence-corrected chi connectivity index (χ2v) is 8.27. The second kappa shape index (κ2) is 9.57. The van der Waals surface area contributed by atoms with Gasteiger partial charge in [0.1, 0.15) is 5.75 Å². The van der Waals surface area contributed by atoms with Gasteiger partial charge in [-0.05, 0) is 68.3 Å². The maximum Gasteiger partial charge on any atom is 0.261 e. The molecule has 2 N–H and O–H groups in total. The molecule has 0 aromatic heterocycles. The first-order valence-corrected chi connectivity index (χ1v) is 10.3. The van der Waals surface area contributed by atoms with Gasteiger partial charge in [-0.2, -0.15) is 0 Å². The number of hydrogen-bond acceptors (Lipinski definition) is 5. The van der Waals surface area contributed by atoms with Crippen LogP contribution in [-0.4, -0.2) is 40.7 Å². The quantitative estimate of drug-likeness (QED) is 0.668. The number of methoxy groups -OCH3 is 1. The largest absolute Gasteiger partial charge is 0.484 e. The number of hydrogen-bond donors (Lipinski definition) is 2. The van der Waals surface area contributed by atoms with Gasteiger partial charge < -0.3 is 14.8 Å². The molecule has 28 heavy (non-hydrogen) atoms. The molecular weight excluding hydrogens is 380 g/mol. The fourth-order valence-corrected chi connectivity index (χ4v) is 3.54. The Labute approximate surface area is 166 Å². The van der Waals surface area contributed by atoms with E-state index in [1.165, 1.54) is 24.3 Å². The van der Waals surface area contributed by atoms with E-state index in [0.717, 1.165) is 11.1 Å². The SMILES string of the molecule is COC[C@@H](C)NC(=O)COc1ccc(S(=O)(=O)Nc2ccc(C)c(C)c2)cc1. The number of amides is 1. The van der Waals surface area contributed by atoms with Crippen molar-refractivity contribution in [1.29, 1.82) is 0 Å². The molecule has 0 saturated carbocycles. The lowest BCUT2D eigenvalue weighted by molar-refractivity contribution is -0.124. The summed E-state index contributed by atoms with van der Waals surface area (Å²) in [5, 5.41) is 2.73. The monoisotopic (exact) mass is 406 g/mol. The smallest absolute Gasteiger partial charge is 0.261 e. The molecule has 8 heteroatoms. The molecule has 1 atom stereocenters. The molecule has 152 valence electrons. The Balaban J connectivity index is 1.97. The maximum atomic E-state index is 12.5. The summed E-state index contributed by atoms with van der Waals surface area (Å²) in [6, 6.07) is 11.2. The molecule has 0 saturated heterocycles. The van der Waals surface area contributed by atoms with Crippen LogP contribution in [0.1, 0.15) is 18.1 Å².